The molecule has 0 aliphatic carbocycles. The molecule has 2 aromatic heterocycles. The van der Waals surface area contributed by atoms with Crippen molar-refractivity contribution < 1.29 is 18.5 Å². The number of nitro groups is 1. The van der Waals surface area contributed by atoms with Crippen molar-refractivity contribution in [3.63, 3.8) is 0 Å². The van der Waals surface area contributed by atoms with Crippen LogP contribution in [0.1, 0.15) is 5.56 Å². The highest BCUT2D eigenvalue weighted by Crippen LogP contribution is 2.25. The molecular weight excluding hydrogens is 244 g/mol. The molecule has 0 unspecified atom stereocenters. The van der Waals surface area contributed by atoms with Crippen LogP contribution in [0, 0.1) is 17.0 Å². The van der Waals surface area contributed by atoms with Crippen molar-refractivity contribution >= 4 is 5.88 Å². The Balaban J connectivity index is 2.53. The average molecular weight is 252 g/mol. The summed E-state index contributed by atoms with van der Waals surface area (Å²) < 4.78 is 14.6. The molecule has 18 heavy (non-hydrogen) atoms. The molecule has 2 rings (SSSR count). The van der Waals surface area contributed by atoms with Crippen LogP contribution in [0.2, 0.25) is 0 Å². The summed E-state index contributed by atoms with van der Waals surface area (Å²) in [5.74, 6) is -0.568. The third kappa shape index (κ3) is 1.95. The fraction of sp³-hybridized carbons (Fsp3) is 0.200. The topological polar surface area (TPSA) is 109 Å². The monoisotopic (exact) mass is 252 g/mol. The van der Waals surface area contributed by atoms with Crippen LogP contribution in [0.3, 0.4) is 0 Å². The molecule has 0 atom stereocenters. The molecule has 0 spiro atoms. The van der Waals surface area contributed by atoms with E-state index in [2.05, 4.69) is 4.98 Å². The van der Waals surface area contributed by atoms with E-state index < -0.39 is 16.4 Å². The third-order valence-electron chi connectivity index (χ3n) is 2.20. The van der Waals surface area contributed by atoms with Gasteiger partial charge in [0.05, 0.1) is 18.7 Å². The van der Waals surface area contributed by atoms with Crippen molar-refractivity contribution in [1.29, 1.82) is 0 Å². The highest BCUT2D eigenvalue weighted by Gasteiger charge is 2.18. The standard InChI is InChI=1S/C10H8N2O6/c1-5-8(16-2)11-9(18-10(5)13)6-3-4-7(17-6)12(14)15/h3-4H,1-2H3. The lowest BCUT2D eigenvalue weighted by Crippen LogP contribution is -2.08. The first-order chi connectivity index (χ1) is 8.52. The summed E-state index contributed by atoms with van der Waals surface area (Å²) >= 11 is 0. The second-order valence-corrected chi connectivity index (χ2v) is 3.34. The van der Waals surface area contributed by atoms with E-state index in [1.807, 2.05) is 0 Å². The summed E-state index contributed by atoms with van der Waals surface area (Å²) in [7, 11) is 1.35. The largest absolute Gasteiger partial charge is 0.481 e. The van der Waals surface area contributed by atoms with E-state index in [1.54, 1.807) is 0 Å². The van der Waals surface area contributed by atoms with Crippen LogP contribution in [0.4, 0.5) is 5.88 Å². The Hall–Kier alpha value is -2.64. The van der Waals surface area contributed by atoms with E-state index in [-0.39, 0.29) is 23.1 Å². The van der Waals surface area contributed by atoms with Crippen molar-refractivity contribution in [2.75, 3.05) is 7.11 Å². The number of hydrogen-bond donors (Lipinski definition) is 0. The highest BCUT2D eigenvalue weighted by molar-refractivity contribution is 5.47. The Labute approximate surface area is 100.0 Å². The minimum Gasteiger partial charge on any atom is -0.481 e. The highest BCUT2D eigenvalue weighted by atomic mass is 16.6. The quantitative estimate of drug-likeness (QED) is 0.601. The molecule has 2 aromatic rings. The predicted molar refractivity (Wildman–Crippen MR) is 58.4 cm³/mol. The van der Waals surface area contributed by atoms with Gasteiger partial charge in [-0.25, -0.2) is 4.79 Å². The molecule has 0 amide bonds. The molecular formula is C10H8N2O6. The van der Waals surface area contributed by atoms with Crippen molar-refractivity contribution in [2.45, 2.75) is 6.92 Å². The maximum Gasteiger partial charge on any atom is 0.433 e. The van der Waals surface area contributed by atoms with Gasteiger partial charge < -0.3 is 13.6 Å². The Bertz CT molecular complexity index is 657. The van der Waals surface area contributed by atoms with Crippen LogP contribution >= 0.6 is 0 Å². The molecule has 0 aliphatic heterocycles. The normalized spacial score (nSPS) is 10.3. The van der Waals surface area contributed by atoms with Gasteiger partial charge >= 0.3 is 11.5 Å². The molecule has 0 N–H and O–H groups in total. The van der Waals surface area contributed by atoms with Crippen molar-refractivity contribution in [1.82, 2.24) is 4.98 Å². The van der Waals surface area contributed by atoms with Gasteiger partial charge in [-0.2, -0.15) is 4.98 Å². The second-order valence-electron chi connectivity index (χ2n) is 3.34. The SMILES string of the molecule is COc1nc(-c2ccc([N+](=O)[O-])o2)oc(=O)c1C. The second kappa shape index (κ2) is 4.32. The van der Waals surface area contributed by atoms with Crippen LogP contribution in [0.25, 0.3) is 11.7 Å². The van der Waals surface area contributed by atoms with E-state index in [9.17, 15) is 14.9 Å². The van der Waals surface area contributed by atoms with E-state index in [0.717, 1.165) is 6.07 Å². The Morgan fingerprint density at radius 3 is 2.67 bits per heavy atom. The molecule has 2 heterocycles. The van der Waals surface area contributed by atoms with Gasteiger partial charge in [0.2, 0.25) is 5.88 Å². The third-order valence-corrected chi connectivity index (χ3v) is 2.20. The molecule has 0 saturated heterocycles. The number of methoxy groups -OCH3 is 1. The van der Waals surface area contributed by atoms with Crippen LogP contribution < -0.4 is 10.4 Å². The van der Waals surface area contributed by atoms with Crippen LogP contribution in [-0.2, 0) is 0 Å². The van der Waals surface area contributed by atoms with Gasteiger partial charge in [0.25, 0.3) is 5.89 Å². The van der Waals surface area contributed by atoms with Gasteiger partial charge in [0, 0.05) is 0 Å². The van der Waals surface area contributed by atoms with Gasteiger partial charge in [-0.1, -0.05) is 0 Å². The van der Waals surface area contributed by atoms with E-state index in [1.165, 1.54) is 20.1 Å². The smallest absolute Gasteiger partial charge is 0.433 e. The van der Waals surface area contributed by atoms with E-state index in [0.29, 0.717) is 0 Å². The van der Waals surface area contributed by atoms with E-state index >= 15 is 0 Å². The fourth-order valence-corrected chi connectivity index (χ4v) is 1.30. The Morgan fingerprint density at radius 1 is 1.39 bits per heavy atom. The van der Waals surface area contributed by atoms with Gasteiger partial charge in [-0.3, -0.25) is 10.1 Å². The molecule has 0 bridgehead atoms. The summed E-state index contributed by atoms with van der Waals surface area (Å²) in [6, 6.07) is 2.43. The summed E-state index contributed by atoms with van der Waals surface area (Å²) in [6.07, 6.45) is 0. The fourth-order valence-electron chi connectivity index (χ4n) is 1.30. The molecule has 0 fully saturated rings. The zero-order valence-corrected chi connectivity index (χ0v) is 9.50. The molecule has 0 radical (unpaired) electrons. The number of hydrogen-bond acceptors (Lipinski definition) is 7. The first kappa shape index (κ1) is 11.8. The number of aromatic nitrogens is 1. The molecule has 8 heteroatoms. The van der Waals surface area contributed by atoms with Gasteiger partial charge in [0.15, 0.2) is 5.76 Å². The van der Waals surface area contributed by atoms with Gasteiger partial charge in [-0.05, 0) is 13.0 Å². The maximum absolute atomic E-state index is 11.5. The Kier molecular flexibility index (Phi) is 2.84. The van der Waals surface area contributed by atoms with Crippen molar-refractivity contribution in [3.8, 4) is 17.5 Å². The lowest BCUT2D eigenvalue weighted by atomic mass is 10.3. The minimum atomic E-state index is -0.701. The Morgan fingerprint density at radius 2 is 2.11 bits per heavy atom. The number of rotatable bonds is 3. The summed E-state index contributed by atoms with van der Waals surface area (Å²) in [5, 5.41) is 10.5. The van der Waals surface area contributed by atoms with Crippen LogP contribution in [-0.4, -0.2) is 17.0 Å². The minimum absolute atomic E-state index is 0.0166. The van der Waals surface area contributed by atoms with Crippen molar-refractivity contribution in [3.05, 3.63) is 38.2 Å². The summed E-state index contributed by atoms with van der Waals surface area (Å²) in [4.78, 5) is 25.1. The molecule has 94 valence electrons. The first-order valence-corrected chi connectivity index (χ1v) is 4.83. The number of ether oxygens (including phenoxy) is 1. The van der Waals surface area contributed by atoms with Crippen LogP contribution in [0.15, 0.2) is 25.8 Å². The number of furan rings is 1. The molecule has 0 saturated carbocycles. The molecule has 0 aromatic carbocycles. The van der Waals surface area contributed by atoms with E-state index in [4.69, 9.17) is 13.6 Å². The summed E-state index contributed by atoms with van der Waals surface area (Å²) in [6.45, 7) is 1.49. The van der Waals surface area contributed by atoms with Crippen LogP contribution in [0.5, 0.6) is 5.88 Å². The zero-order valence-electron chi connectivity index (χ0n) is 9.50. The lowest BCUT2D eigenvalue weighted by Gasteiger charge is -2.02. The van der Waals surface area contributed by atoms with Gasteiger partial charge in [0.1, 0.15) is 4.92 Å². The molecule has 0 aliphatic rings. The molecule has 8 nitrogen and oxygen atoms in total. The average Bonchev–Trinajstić information content (AvgIpc) is 2.82. The maximum atomic E-state index is 11.5. The number of nitrogens with zero attached hydrogens (tertiary/aromatic N) is 2. The van der Waals surface area contributed by atoms with Gasteiger partial charge in [-0.15, -0.1) is 0 Å². The summed E-state index contributed by atoms with van der Waals surface area (Å²) in [5.41, 5.74) is -0.432. The lowest BCUT2D eigenvalue weighted by molar-refractivity contribution is -0.401. The first-order valence-electron chi connectivity index (χ1n) is 4.83. The predicted octanol–water partition coefficient (Wildman–Crippen LogP) is 1.52. The van der Waals surface area contributed by atoms with Crippen molar-refractivity contribution in [2.24, 2.45) is 0 Å². The zero-order chi connectivity index (χ0) is 13.3.